The molecule has 0 aromatic carbocycles. The summed E-state index contributed by atoms with van der Waals surface area (Å²) in [4.78, 5) is 29.7. The number of hydrogen-bond donors (Lipinski definition) is 1. The van der Waals surface area contributed by atoms with Crippen LogP contribution in [0.25, 0.3) is 0 Å². The first-order valence-electron chi connectivity index (χ1n) is 11.7. The summed E-state index contributed by atoms with van der Waals surface area (Å²) in [6.45, 7) is 7.74. The Kier molecular flexibility index (Phi) is 8.58. The van der Waals surface area contributed by atoms with Crippen molar-refractivity contribution in [2.75, 3.05) is 53.4 Å². The number of carbonyl (C=O) groups is 2. The summed E-state index contributed by atoms with van der Waals surface area (Å²) < 4.78 is 27.2. The fourth-order valence-electron chi connectivity index (χ4n) is 4.88. The Labute approximate surface area is 202 Å². The summed E-state index contributed by atoms with van der Waals surface area (Å²) in [5.74, 6) is -0.00541. The minimum absolute atomic E-state index is 0.00166. The maximum Gasteiger partial charge on any atom is 0.252 e. The number of rotatable bonds is 8. The van der Waals surface area contributed by atoms with Gasteiger partial charge in [0.25, 0.3) is 10.0 Å². The predicted octanol–water partition coefficient (Wildman–Crippen LogP) is 2.09. The molecule has 2 aliphatic heterocycles. The largest absolute Gasteiger partial charge is 0.355 e. The quantitative estimate of drug-likeness (QED) is 0.593. The Morgan fingerprint density at radius 3 is 2.24 bits per heavy atom. The minimum Gasteiger partial charge on any atom is -0.355 e. The Bertz CT molecular complexity index is 899. The molecule has 0 atom stereocenters. The minimum atomic E-state index is -3.45. The molecule has 0 radical (unpaired) electrons. The van der Waals surface area contributed by atoms with Crippen LogP contribution < -0.4 is 5.32 Å². The topological polar surface area (TPSA) is 90.0 Å². The SMILES string of the molecule is CN(C)CC(C)(C)CNC(=O)C1CCN(C(=O)C2CCN(S(=O)(=O)c3cccs3)CC2)CC1. The summed E-state index contributed by atoms with van der Waals surface area (Å²) in [7, 11) is 0.609. The molecule has 8 nitrogen and oxygen atoms in total. The Balaban J connectivity index is 1.43. The van der Waals surface area contributed by atoms with Crippen LogP contribution in [0.1, 0.15) is 39.5 Å². The molecule has 1 aromatic rings. The number of piperidine rings is 2. The maximum atomic E-state index is 13.0. The molecular weight excluding hydrogens is 460 g/mol. The van der Waals surface area contributed by atoms with E-state index in [1.54, 1.807) is 17.5 Å². The van der Waals surface area contributed by atoms with Crippen molar-refractivity contribution in [2.45, 2.75) is 43.7 Å². The van der Waals surface area contributed by atoms with Gasteiger partial charge in [-0.2, -0.15) is 4.31 Å². The summed E-state index contributed by atoms with van der Waals surface area (Å²) in [5.41, 5.74) is 0.00166. The van der Waals surface area contributed by atoms with Gasteiger partial charge in [-0.05, 0) is 56.6 Å². The fourth-order valence-corrected chi connectivity index (χ4v) is 7.50. The molecule has 0 unspecified atom stereocenters. The van der Waals surface area contributed by atoms with Crippen LogP contribution in [0.2, 0.25) is 0 Å². The molecule has 186 valence electrons. The van der Waals surface area contributed by atoms with Crippen LogP contribution in [0.4, 0.5) is 0 Å². The van der Waals surface area contributed by atoms with Gasteiger partial charge in [0.15, 0.2) is 0 Å². The van der Waals surface area contributed by atoms with Crippen molar-refractivity contribution < 1.29 is 18.0 Å². The zero-order valence-electron chi connectivity index (χ0n) is 20.2. The molecule has 1 aromatic heterocycles. The molecule has 0 aliphatic carbocycles. The van der Waals surface area contributed by atoms with Gasteiger partial charge in [0.2, 0.25) is 11.8 Å². The van der Waals surface area contributed by atoms with Gasteiger partial charge in [-0.3, -0.25) is 9.59 Å². The second kappa shape index (κ2) is 10.8. The van der Waals surface area contributed by atoms with E-state index in [1.165, 1.54) is 15.6 Å². The van der Waals surface area contributed by atoms with Crippen molar-refractivity contribution >= 4 is 33.2 Å². The van der Waals surface area contributed by atoms with Crippen molar-refractivity contribution in [1.29, 1.82) is 0 Å². The second-order valence-corrected chi connectivity index (χ2v) is 13.4. The first-order chi connectivity index (χ1) is 15.5. The fraction of sp³-hybridized carbons (Fsp3) is 0.739. The highest BCUT2D eigenvalue weighted by molar-refractivity contribution is 7.91. The number of nitrogens with one attached hydrogen (secondary N) is 1. The van der Waals surface area contributed by atoms with Crippen LogP contribution in [0.5, 0.6) is 0 Å². The van der Waals surface area contributed by atoms with Crippen molar-refractivity contribution in [3.05, 3.63) is 17.5 Å². The molecule has 10 heteroatoms. The van der Waals surface area contributed by atoms with E-state index in [2.05, 4.69) is 24.1 Å². The Morgan fingerprint density at radius 2 is 1.70 bits per heavy atom. The highest BCUT2D eigenvalue weighted by Gasteiger charge is 2.36. The number of amides is 2. The highest BCUT2D eigenvalue weighted by atomic mass is 32.2. The smallest absolute Gasteiger partial charge is 0.252 e. The Morgan fingerprint density at radius 1 is 1.09 bits per heavy atom. The van der Waals surface area contributed by atoms with E-state index in [0.717, 1.165) is 6.54 Å². The third-order valence-corrected chi connectivity index (χ3v) is 9.83. The van der Waals surface area contributed by atoms with Gasteiger partial charge < -0.3 is 15.1 Å². The van der Waals surface area contributed by atoms with Crippen LogP contribution in [-0.2, 0) is 19.6 Å². The van der Waals surface area contributed by atoms with Crippen molar-refractivity contribution in [2.24, 2.45) is 17.3 Å². The molecule has 2 amide bonds. The third kappa shape index (κ3) is 6.77. The number of thiophene rings is 1. The molecule has 2 saturated heterocycles. The highest BCUT2D eigenvalue weighted by Crippen LogP contribution is 2.28. The first kappa shape index (κ1) is 26.1. The molecule has 0 bridgehead atoms. The maximum absolute atomic E-state index is 13.0. The molecule has 2 fully saturated rings. The van der Waals surface area contributed by atoms with E-state index >= 15 is 0 Å². The van der Waals surface area contributed by atoms with E-state index in [4.69, 9.17) is 0 Å². The van der Waals surface area contributed by atoms with Crippen molar-refractivity contribution in [3.8, 4) is 0 Å². The van der Waals surface area contributed by atoms with Crippen molar-refractivity contribution in [1.82, 2.24) is 19.4 Å². The number of hydrogen-bond acceptors (Lipinski definition) is 6. The number of nitrogens with zero attached hydrogens (tertiary/aromatic N) is 3. The first-order valence-corrected chi connectivity index (χ1v) is 14.1. The molecule has 3 rings (SSSR count). The third-order valence-electron chi connectivity index (χ3n) is 6.56. The standard InChI is InChI=1S/C23H38N4O4S2/c1-23(2,17-25(3)4)16-24-21(28)18-7-11-26(12-8-18)22(29)19-9-13-27(14-10-19)33(30,31)20-6-5-15-32-20/h5-6,15,18-19H,7-14,16-17H2,1-4H3,(H,24,28). The number of likely N-dealkylation sites (tertiary alicyclic amines) is 1. The summed E-state index contributed by atoms with van der Waals surface area (Å²) in [6.07, 6.45) is 2.45. The molecular formula is C23H38N4O4S2. The molecule has 3 heterocycles. The molecule has 0 saturated carbocycles. The zero-order valence-corrected chi connectivity index (χ0v) is 21.9. The van der Waals surface area contributed by atoms with E-state index < -0.39 is 10.0 Å². The van der Waals surface area contributed by atoms with Gasteiger partial charge in [-0.1, -0.05) is 19.9 Å². The van der Waals surface area contributed by atoms with E-state index in [0.29, 0.717) is 62.6 Å². The van der Waals surface area contributed by atoms with Gasteiger partial charge in [0.05, 0.1) is 0 Å². The van der Waals surface area contributed by atoms with E-state index in [1.807, 2.05) is 19.0 Å². The van der Waals surface area contributed by atoms with Crippen LogP contribution in [0.3, 0.4) is 0 Å². The van der Waals surface area contributed by atoms with Crippen LogP contribution >= 0.6 is 11.3 Å². The van der Waals surface area contributed by atoms with Crippen LogP contribution in [0.15, 0.2) is 21.7 Å². The molecule has 1 N–H and O–H groups in total. The molecule has 2 aliphatic rings. The number of carbonyl (C=O) groups excluding carboxylic acids is 2. The van der Waals surface area contributed by atoms with E-state index in [-0.39, 0.29) is 29.1 Å². The Hall–Kier alpha value is -1.49. The van der Waals surface area contributed by atoms with E-state index in [9.17, 15) is 18.0 Å². The lowest BCUT2D eigenvalue weighted by molar-refractivity contribution is -0.140. The lowest BCUT2D eigenvalue weighted by Gasteiger charge is -2.37. The van der Waals surface area contributed by atoms with Crippen LogP contribution in [-0.4, -0.2) is 87.7 Å². The monoisotopic (exact) mass is 498 g/mol. The summed E-state index contributed by atoms with van der Waals surface area (Å²) >= 11 is 1.22. The lowest BCUT2D eigenvalue weighted by atomic mass is 9.90. The predicted molar refractivity (Wildman–Crippen MR) is 130 cm³/mol. The average Bonchev–Trinajstić information content (AvgIpc) is 3.32. The normalized spacial score (nSPS) is 19.7. The second-order valence-electron chi connectivity index (χ2n) is 10.3. The zero-order chi connectivity index (χ0) is 24.2. The average molecular weight is 499 g/mol. The van der Waals surface area contributed by atoms with Gasteiger partial charge in [-0.25, -0.2) is 8.42 Å². The van der Waals surface area contributed by atoms with Crippen molar-refractivity contribution in [3.63, 3.8) is 0 Å². The summed E-state index contributed by atoms with van der Waals surface area (Å²) in [6, 6.07) is 3.36. The number of sulfonamides is 1. The van der Waals surface area contributed by atoms with Gasteiger partial charge in [0.1, 0.15) is 4.21 Å². The molecule has 33 heavy (non-hydrogen) atoms. The van der Waals surface area contributed by atoms with Gasteiger partial charge in [-0.15, -0.1) is 11.3 Å². The van der Waals surface area contributed by atoms with Crippen LogP contribution in [0, 0.1) is 17.3 Å². The van der Waals surface area contributed by atoms with Gasteiger partial charge in [0, 0.05) is 51.1 Å². The summed E-state index contributed by atoms with van der Waals surface area (Å²) in [5, 5.41) is 4.87. The molecule has 0 spiro atoms. The van der Waals surface area contributed by atoms with Gasteiger partial charge >= 0.3 is 0 Å². The lowest BCUT2D eigenvalue weighted by Crippen LogP contribution is -2.48.